The third-order valence-corrected chi connectivity index (χ3v) is 2.61. The topological polar surface area (TPSA) is 67.6 Å². The van der Waals surface area contributed by atoms with Crippen molar-refractivity contribution in [2.75, 3.05) is 30.7 Å². The minimum absolute atomic E-state index is 0.00901. The van der Waals surface area contributed by atoms with E-state index in [2.05, 4.69) is 5.32 Å². The summed E-state index contributed by atoms with van der Waals surface area (Å²) in [7, 11) is 0. The number of nitrogen functional groups attached to an aromatic ring is 1. The van der Waals surface area contributed by atoms with Crippen LogP contribution in [0.5, 0.6) is 0 Å². The van der Waals surface area contributed by atoms with Gasteiger partial charge < -0.3 is 11.1 Å². The standard InChI is InChI=1S/C12H17N3O2/c13-10-2-4-11(5-3-10)14-12(16)6-8-15-7-1-9-17-15/h2-5H,1,6-9,13H2,(H,14,16). The van der Waals surface area contributed by atoms with Crippen molar-refractivity contribution in [2.24, 2.45) is 0 Å². The molecule has 3 N–H and O–H groups in total. The van der Waals surface area contributed by atoms with E-state index in [0.29, 0.717) is 18.7 Å². The molecule has 5 nitrogen and oxygen atoms in total. The minimum atomic E-state index is -0.00901. The number of hydroxylamine groups is 2. The van der Waals surface area contributed by atoms with Gasteiger partial charge in [-0.15, -0.1) is 0 Å². The first-order valence-electron chi connectivity index (χ1n) is 5.77. The van der Waals surface area contributed by atoms with Crippen LogP contribution in [0, 0.1) is 0 Å². The van der Waals surface area contributed by atoms with Gasteiger partial charge in [-0.1, -0.05) is 0 Å². The van der Waals surface area contributed by atoms with E-state index in [0.717, 1.165) is 25.3 Å². The SMILES string of the molecule is Nc1ccc(NC(=O)CCN2CCCO2)cc1. The molecule has 0 spiro atoms. The van der Waals surface area contributed by atoms with E-state index in [-0.39, 0.29) is 5.91 Å². The van der Waals surface area contributed by atoms with Crippen LogP contribution in [0.2, 0.25) is 0 Å². The average Bonchev–Trinajstić information content (AvgIpc) is 2.83. The number of rotatable bonds is 4. The molecule has 0 radical (unpaired) electrons. The Hall–Kier alpha value is -1.59. The van der Waals surface area contributed by atoms with Gasteiger partial charge >= 0.3 is 0 Å². The predicted octanol–water partition coefficient (Wildman–Crippen LogP) is 1.23. The summed E-state index contributed by atoms with van der Waals surface area (Å²) >= 11 is 0. The fraction of sp³-hybridized carbons (Fsp3) is 0.417. The van der Waals surface area contributed by atoms with Crippen LogP contribution in [0.25, 0.3) is 0 Å². The van der Waals surface area contributed by atoms with Gasteiger partial charge in [-0.2, -0.15) is 5.06 Å². The highest BCUT2D eigenvalue weighted by atomic mass is 16.7. The highest BCUT2D eigenvalue weighted by Crippen LogP contribution is 2.11. The molecule has 17 heavy (non-hydrogen) atoms. The number of carbonyl (C=O) groups is 1. The fourth-order valence-electron chi connectivity index (χ4n) is 1.69. The molecular formula is C12H17N3O2. The van der Waals surface area contributed by atoms with E-state index < -0.39 is 0 Å². The van der Waals surface area contributed by atoms with Crippen LogP contribution in [0.15, 0.2) is 24.3 Å². The molecular weight excluding hydrogens is 218 g/mol. The summed E-state index contributed by atoms with van der Waals surface area (Å²) in [6, 6.07) is 7.11. The van der Waals surface area contributed by atoms with Crippen molar-refractivity contribution in [3.8, 4) is 0 Å². The maximum absolute atomic E-state index is 11.6. The van der Waals surface area contributed by atoms with Crippen molar-refractivity contribution in [3.63, 3.8) is 0 Å². The second-order valence-corrected chi connectivity index (χ2v) is 4.04. The third-order valence-electron chi connectivity index (χ3n) is 2.61. The second kappa shape index (κ2) is 5.65. The van der Waals surface area contributed by atoms with E-state index >= 15 is 0 Å². The molecule has 1 heterocycles. The molecule has 2 rings (SSSR count). The Morgan fingerprint density at radius 3 is 2.82 bits per heavy atom. The van der Waals surface area contributed by atoms with Crippen molar-refractivity contribution >= 4 is 17.3 Å². The van der Waals surface area contributed by atoms with E-state index in [1.54, 1.807) is 24.3 Å². The number of anilines is 2. The van der Waals surface area contributed by atoms with Crippen LogP contribution in [-0.4, -0.2) is 30.7 Å². The summed E-state index contributed by atoms with van der Waals surface area (Å²) in [5.74, 6) is -0.00901. The molecule has 0 aromatic heterocycles. The maximum atomic E-state index is 11.6. The molecule has 0 saturated carbocycles. The van der Waals surface area contributed by atoms with Crippen LogP contribution in [-0.2, 0) is 9.63 Å². The zero-order valence-corrected chi connectivity index (χ0v) is 9.69. The molecule has 0 bridgehead atoms. The van der Waals surface area contributed by atoms with Gasteiger partial charge in [0.1, 0.15) is 0 Å². The van der Waals surface area contributed by atoms with Crippen molar-refractivity contribution in [1.82, 2.24) is 5.06 Å². The molecule has 1 amide bonds. The van der Waals surface area contributed by atoms with Gasteiger partial charge in [0.25, 0.3) is 0 Å². The third kappa shape index (κ3) is 3.72. The first-order chi connectivity index (χ1) is 8.24. The Labute approximate surface area is 100 Å². The van der Waals surface area contributed by atoms with Crippen LogP contribution < -0.4 is 11.1 Å². The van der Waals surface area contributed by atoms with Gasteiger partial charge in [0.2, 0.25) is 5.91 Å². The Kier molecular flexibility index (Phi) is 3.95. The molecule has 0 aliphatic carbocycles. The van der Waals surface area contributed by atoms with Gasteiger partial charge in [0.15, 0.2) is 0 Å². The van der Waals surface area contributed by atoms with E-state index in [1.807, 2.05) is 5.06 Å². The molecule has 1 saturated heterocycles. The maximum Gasteiger partial charge on any atom is 0.225 e. The Morgan fingerprint density at radius 2 is 2.18 bits per heavy atom. The number of hydrogen-bond acceptors (Lipinski definition) is 4. The van der Waals surface area contributed by atoms with E-state index in [9.17, 15) is 4.79 Å². The van der Waals surface area contributed by atoms with Gasteiger partial charge in [-0.3, -0.25) is 9.63 Å². The largest absolute Gasteiger partial charge is 0.399 e. The monoisotopic (exact) mass is 235 g/mol. The number of nitrogens with one attached hydrogen (secondary N) is 1. The summed E-state index contributed by atoms with van der Waals surface area (Å²) in [4.78, 5) is 16.9. The zero-order valence-electron chi connectivity index (χ0n) is 9.69. The minimum Gasteiger partial charge on any atom is -0.399 e. The molecule has 0 atom stereocenters. The number of hydrogen-bond donors (Lipinski definition) is 2. The second-order valence-electron chi connectivity index (χ2n) is 4.04. The highest BCUT2D eigenvalue weighted by Gasteiger charge is 2.13. The number of benzene rings is 1. The molecule has 1 aromatic rings. The molecule has 1 aliphatic rings. The molecule has 1 fully saturated rings. The lowest BCUT2D eigenvalue weighted by Crippen LogP contribution is -2.24. The van der Waals surface area contributed by atoms with E-state index in [1.165, 1.54) is 0 Å². The lowest BCUT2D eigenvalue weighted by atomic mass is 10.2. The van der Waals surface area contributed by atoms with Gasteiger partial charge in [-0.25, -0.2) is 0 Å². The summed E-state index contributed by atoms with van der Waals surface area (Å²) in [6.45, 7) is 2.32. The fourth-order valence-corrected chi connectivity index (χ4v) is 1.69. The summed E-state index contributed by atoms with van der Waals surface area (Å²) in [6.07, 6.45) is 1.48. The zero-order chi connectivity index (χ0) is 12.1. The van der Waals surface area contributed by atoms with Crippen molar-refractivity contribution in [1.29, 1.82) is 0 Å². The first-order valence-corrected chi connectivity index (χ1v) is 5.77. The average molecular weight is 235 g/mol. The normalized spacial score (nSPS) is 16.0. The first kappa shape index (κ1) is 11.9. The van der Waals surface area contributed by atoms with Crippen molar-refractivity contribution < 1.29 is 9.63 Å². The molecule has 1 aromatic carbocycles. The molecule has 5 heteroatoms. The van der Waals surface area contributed by atoms with Crippen molar-refractivity contribution in [3.05, 3.63) is 24.3 Å². The lowest BCUT2D eigenvalue weighted by molar-refractivity contribution is -0.126. The molecule has 92 valence electrons. The van der Waals surface area contributed by atoms with Crippen LogP contribution in [0.3, 0.4) is 0 Å². The van der Waals surface area contributed by atoms with Crippen molar-refractivity contribution in [2.45, 2.75) is 12.8 Å². The van der Waals surface area contributed by atoms with Gasteiger partial charge in [-0.05, 0) is 30.7 Å². The number of carbonyl (C=O) groups excluding carboxylic acids is 1. The Bertz CT molecular complexity index is 372. The molecule has 1 aliphatic heterocycles. The number of nitrogens with two attached hydrogens (primary N) is 1. The smallest absolute Gasteiger partial charge is 0.225 e. The summed E-state index contributed by atoms with van der Waals surface area (Å²) in [5, 5.41) is 4.65. The molecule has 0 unspecified atom stereocenters. The van der Waals surface area contributed by atoms with Crippen LogP contribution in [0.4, 0.5) is 11.4 Å². The van der Waals surface area contributed by atoms with Gasteiger partial charge in [0.05, 0.1) is 6.61 Å². The quantitative estimate of drug-likeness (QED) is 0.770. The Balaban J connectivity index is 1.74. The number of nitrogens with zero attached hydrogens (tertiary/aromatic N) is 1. The summed E-state index contributed by atoms with van der Waals surface area (Å²) < 4.78 is 0. The lowest BCUT2D eigenvalue weighted by Gasteiger charge is -2.13. The van der Waals surface area contributed by atoms with Crippen LogP contribution in [0.1, 0.15) is 12.8 Å². The predicted molar refractivity (Wildman–Crippen MR) is 66.2 cm³/mol. The van der Waals surface area contributed by atoms with Crippen LogP contribution >= 0.6 is 0 Å². The summed E-state index contributed by atoms with van der Waals surface area (Å²) in [5.41, 5.74) is 7.02. The highest BCUT2D eigenvalue weighted by molar-refractivity contribution is 5.90. The Morgan fingerprint density at radius 1 is 1.41 bits per heavy atom. The van der Waals surface area contributed by atoms with Gasteiger partial charge in [0, 0.05) is 30.9 Å². The van der Waals surface area contributed by atoms with E-state index in [4.69, 9.17) is 10.6 Å². The number of amides is 1.